The van der Waals surface area contributed by atoms with Crippen molar-refractivity contribution in [2.75, 3.05) is 6.61 Å². The summed E-state index contributed by atoms with van der Waals surface area (Å²) in [6.07, 6.45) is 0. The van der Waals surface area contributed by atoms with Crippen LogP contribution in [0, 0.1) is 20.8 Å². The summed E-state index contributed by atoms with van der Waals surface area (Å²) in [4.78, 5) is 2.74. The molecule has 0 saturated heterocycles. The maximum Gasteiger partial charge on any atom is 0.0859 e. The molecule has 1 aromatic carbocycles. The van der Waals surface area contributed by atoms with E-state index in [2.05, 4.69) is 10.0 Å². The predicted octanol–water partition coefficient (Wildman–Crippen LogP) is 2.96. The van der Waals surface area contributed by atoms with Crippen LogP contribution in [0.25, 0.3) is 10.4 Å². The lowest BCUT2D eigenvalue weighted by Crippen LogP contribution is -2.03. The number of rotatable bonds is 3. The zero-order chi connectivity index (χ0) is 11.4. The molecule has 0 amide bonds. The lowest BCUT2D eigenvalue weighted by molar-refractivity contribution is 0.267. The second-order valence-electron chi connectivity index (χ2n) is 3.70. The first-order valence-electron chi connectivity index (χ1n) is 4.83. The summed E-state index contributed by atoms with van der Waals surface area (Å²) in [6.45, 7) is 5.83. The van der Waals surface area contributed by atoms with Gasteiger partial charge in [-0.1, -0.05) is 17.2 Å². The van der Waals surface area contributed by atoms with Gasteiger partial charge in [0.25, 0.3) is 0 Å². The molecule has 0 aliphatic carbocycles. The Morgan fingerprint density at radius 1 is 1.27 bits per heavy atom. The minimum Gasteiger partial charge on any atom is -0.396 e. The van der Waals surface area contributed by atoms with E-state index in [9.17, 15) is 0 Å². The normalized spacial score (nSPS) is 12.0. The van der Waals surface area contributed by atoms with E-state index in [-0.39, 0.29) is 6.61 Å². The zero-order valence-electron chi connectivity index (χ0n) is 9.23. The van der Waals surface area contributed by atoms with Crippen LogP contribution in [0.1, 0.15) is 28.3 Å². The molecule has 80 valence electrons. The lowest BCUT2D eigenvalue weighted by Gasteiger charge is -2.14. The van der Waals surface area contributed by atoms with Crippen molar-refractivity contribution in [3.8, 4) is 0 Å². The Morgan fingerprint density at radius 2 is 1.87 bits per heavy atom. The summed E-state index contributed by atoms with van der Waals surface area (Å²) in [5, 5.41) is 12.7. The lowest BCUT2D eigenvalue weighted by atomic mass is 9.96. The van der Waals surface area contributed by atoms with E-state index in [0.717, 1.165) is 16.7 Å². The Morgan fingerprint density at radius 3 is 2.40 bits per heavy atom. The molecule has 4 nitrogen and oxygen atoms in total. The van der Waals surface area contributed by atoms with Gasteiger partial charge in [-0.2, -0.15) is 0 Å². The molecular weight excluding hydrogens is 190 g/mol. The number of hydrogen-bond acceptors (Lipinski definition) is 2. The third-order valence-corrected chi connectivity index (χ3v) is 2.61. The van der Waals surface area contributed by atoms with Gasteiger partial charge in [0.2, 0.25) is 0 Å². The van der Waals surface area contributed by atoms with Crippen LogP contribution in [0.2, 0.25) is 0 Å². The predicted molar refractivity (Wildman–Crippen MR) is 59.6 cm³/mol. The van der Waals surface area contributed by atoms with Crippen LogP contribution in [0.4, 0.5) is 0 Å². The quantitative estimate of drug-likeness (QED) is 0.460. The fourth-order valence-electron chi connectivity index (χ4n) is 1.60. The maximum atomic E-state index is 9.13. The molecule has 1 atom stereocenters. The molecule has 1 unspecified atom stereocenters. The average Bonchev–Trinajstić information content (AvgIpc) is 2.20. The summed E-state index contributed by atoms with van der Waals surface area (Å²) in [5.41, 5.74) is 12.7. The van der Waals surface area contributed by atoms with Crippen molar-refractivity contribution in [2.24, 2.45) is 5.11 Å². The third kappa shape index (κ3) is 2.49. The van der Waals surface area contributed by atoms with Gasteiger partial charge in [0.05, 0.1) is 12.6 Å². The summed E-state index contributed by atoms with van der Waals surface area (Å²) >= 11 is 0. The van der Waals surface area contributed by atoms with Gasteiger partial charge in [0, 0.05) is 4.91 Å². The largest absolute Gasteiger partial charge is 0.396 e. The van der Waals surface area contributed by atoms with Crippen LogP contribution < -0.4 is 0 Å². The molecule has 0 spiro atoms. The smallest absolute Gasteiger partial charge is 0.0859 e. The Balaban J connectivity index is 3.23. The first-order valence-corrected chi connectivity index (χ1v) is 4.83. The molecule has 0 fully saturated rings. The van der Waals surface area contributed by atoms with Crippen molar-refractivity contribution in [1.82, 2.24) is 0 Å². The molecule has 15 heavy (non-hydrogen) atoms. The molecule has 0 aliphatic heterocycles. The van der Waals surface area contributed by atoms with Crippen LogP contribution in [0.3, 0.4) is 0 Å². The Bertz CT molecular complexity index is 409. The molecule has 0 heterocycles. The number of aryl methyl sites for hydroxylation is 3. The van der Waals surface area contributed by atoms with Crippen molar-refractivity contribution >= 4 is 0 Å². The van der Waals surface area contributed by atoms with E-state index in [0.29, 0.717) is 0 Å². The van der Waals surface area contributed by atoms with E-state index in [1.807, 2.05) is 32.9 Å². The van der Waals surface area contributed by atoms with Crippen LogP contribution >= 0.6 is 0 Å². The molecule has 0 saturated carbocycles. The van der Waals surface area contributed by atoms with E-state index in [1.54, 1.807) is 0 Å². The molecule has 0 aliphatic rings. The second kappa shape index (κ2) is 4.82. The van der Waals surface area contributed by atoms with Gasteiger partial charge in [-0.05, 0) is 48.6 Å². The van der Waals surface area contributed by atoms with Crippen LogP contribution in [0.5, 0.6) is 0 Å². The molecule has 0 bridgehead atoms. The highest BCUT2D eigenvalue weighted by atomic mass is 16.3. The van der Waals surface area contributed by atoms with Gasteiger partial charge in [-0.25, -0.2) is 0 Å². The topological polar surface area (TPSA) is 69.0 Å². The summed E-state index contributed by atoms with van der Waals surface area (Å²) in [6, 6.07) is 3.54. The highest BCUT2D eigenvalue weighted by molar-refractivity contribution is 5.38. The van der Waals surface area contributed by atoms with E-state index in [4.69, 9.17) is 10.6 Å². The molecule has 0 radical (unpaired) electrons. The van der Waals surface area contributed by atoms with Gasteiger partial charge < -0.3 is 5.11 Å². The fraction of sp³-hybridized carbons (Fsp3) is 0.455. The molecule has 1 rings (SSSR count). The summed E-state index contributed by atoms with van der Waals surface area (Å²) in [7, 11) is 0. The van der Waals surface area contributed by atoms with Crippen molar-refractivity contribution < 1.29 is 5.11 Å². The Labute approximate surface area is 89.2 Å². The highest BCUT2D eigenvalue weighted by Gasteiger charge is 2.11. The van der Waals surface area contributed by atoms with Gasteiger partial charge in [0.1, 0.15) is 0 Å². The summed E-state index contributed by atoms with van der Waals surface area (Å²) in [5.74, 6) is 0. The minimum atomic E-state index is -0.478. The molecular formula is C11H15N3O. The second-order valence-corrected chi connectivity index (χ2v) is 3.70. The fourth-order valence-corrected chi connectivity index (χ4v) is 1.60. The van der Waals surface area contributed by atoms with Gasteiger partial charge >= 0.3 is 0 Å². The maximum absolute atomic E-state index is 9.13. The van der Waals surface area contributed by atoms with Crippen LogP contribution in [-0.4, -0.2) is 11.7 Å². The third-order valence-electron chi connectivity index (χ3n) is 2.61. The van der Waals surface area contributed by atoms with Gasteiger partial charge in [0.15, 0.2) is 0 Å². The average molecular weight is 205 g/mol. The monoisotopic (exact) mass is 205 g/mol. The number of hydrogen-bond donors (Lipinski definition) is 1. The number of azide groups is 1. The van der Waals surface area contributed by atoms with E-state index < -0.39 is 6.04 Å². The van der Waals surface area contributed by atoms with Crippen LogP contribution in [-0.2, 0) is 0 Å². The van der Waals surface area contributed by atoms with Gasteiger partial charge in [-0.3, -0.25) is 0 Å². The van der Waals surface area contributed by atoms with E-state index in [1.165, 1.54) is 5.56 Å². The molecule has 4 heteroatoms. The SMILES string of the molecule is Cc1cc(C)c(C(CO)N=[N+]=[N-])cc1C. The number of benzene rings is 1. The molecule has 1 aromatic rings. The van der Waals surface area contributed by atoms with Crippen molar-refractivity contribution in [3.05, 3.63) is 44.8 Å². The molecule has 0 aromatic heterocycles. The first kappa shape index (κ1) is 11.6. The van der Waals surface area contributed by atoms with Crippen molar-refractivity contribution in [2.45, 2.75) is 26.8 Å². The number of aliphatic hydroxyl groups excluding tert-OH is 1. The minimum absolute atomic E-state index is 0.159. The van der Waals surface area contributed by atoms with Gasteiger partial charge in [-0.15, -0.1) is 0 Å². The van der Waals surface area contributed by atoms with Crippen LogP contribution in [0.15, 0.2) is 17.2 Å². The van der Waals surface area contributed by atoms with Crippen molar-refractivity contribution in [1.29, 1.82) is 0 Å². The number of aliphatic hydroxyl groups is 1. The highest BCUT2D eigenvalue weighted by Crippen LogP contribution is 2.24. The Kier molecular flexibility index (Phi) is 3.72. The molecule has 1 N–H and O–H groups in total. The summed E-state index contributed by atoms with van der Waals surface area (Å²) < 4.78 is 0. The van der Waals surface area contributed by atoms with Crippen molar-refractivity contribution in [3.63, 3.8) is 0 Å². The number of nitrogens with zero attached hydrogens (tertiary/aromatic N) is 3. The first-order chi connectivity index (χ1) is 7.10. The Hall–Kier alpha value is -1.51. The standard InChI is InChI=1S/C11H15N3O/c1-7-4-9(3)10(5-8(7)2)11(6-15)13-14-12/h4-5,11,15H,6H2,1-3H3. The zero-order valence-corrected chi connectivity index (χ0v) is 9.23. The van der Waals surface area contributed by atoms with E-state index >= 15 is 0 Å².